The second-order valence-corrected chi connectivity index (χ2v) is 11.6. The first-order chi connectivity index (χ1) is 19.1. The molecule has 1 aliphatic rings. The number of rotatable bonds is 10. The van der Waals surface area contributed by atoms with Crippen molar-refractivity contribution < 1.29 is 23.8 Å². The minimum absolute atomic E-state index is 0.357. The van der Waals surface area contributed by atoms with Gasteiger partial charge in [-0.3, -0.25) is 0 Å². The highest BCUT2D eigenvalue weighted by atomic mass is 16.6. The molecule has 4 rings (SSSR count). The molecule has 7 nitrogen and oxygen atoms in total. The van der Waals surface area contributed by atoms with Crippen molar-refractivity contribution in [3.05, 3.63) is 101 Å². The summed E-state index contributed by atoms with van der Waals surface area (Å²) in [4.78, 5) is 27.4. The SMILES string of the molecule is CC(C)c1cccc(CN2CC(C(Cc3cccc(OCc4ccccc4)c3)NC(=O)OC(C)(C)C)OC2=O)c1. The van der Waals surface area contributed by atoms with Crippen LogP contribution >= 0.6 is 0 Å². The molecule has 3 aromatic carbocycles. The molecule has 2 amide bonds. The van der Waals surface area contributed by atoms with Crippen LogP contribution in [-0.4, -0.2) is 41.4 Å². The zero-order valence-corrected chi connectivity index (χ0v) is 24.1. The lowest BCUT2D eigenvalue weighted by molar-refractivity contribution is 0.0436. The zero-order valence-electron chi connectivity index (χ0n) is 24.1. The van der Waals surface area contributed by atoms with E-state index in [0.717, 1.165) is 22.4 Å². The van der Waals surface area contributed by atoms with Gasteiger partial charge in [-0.15, -0.1) is 0 Å². The minimum Gasteiger partial charge on any atom is -0.489 e. The molecule has 0 spiro atoms. The highest BCUT2D eigenvalue weighted by Crippen LogP contribution is 2.24. The normalized spacial score (nSPS) is 16.0. The maximum atomic E-state index is 12.9. The Morgan fingerprint density at radius 3 is 2.40 bits per heavy atom. The van der Waals surface area contributed by atoms with Crippen molar-refractivity contribution in [3.63, 3.8) is 0 Å². The smallest absolute Gasteiger partial charge is 0.410 e. The molecule has 2 unspecified atom stereocenters. The number of hydrogen-bond donors (Lipinski definition) is 1. The summed E-state index contributed by atoms with van der Waals surface area (Å²) in [5, 5.41) is 2.96. The van der Waals surface area contributed by atoms with Crippen molar-refractivity contribution in [3.8, 4) is 5.75 Å². The van der Waals surface area contributed by atoms with E-state index in [0.29, 0.717) is 32.0 Å². The monoisotopic (exact) mass is 544 g/mol. The summed E-state index contributed by atoms with van der Waals surface area (Å²) in [6.07, 6.45) is -1.04. The van der Waals surface area contributed by atoms with E-state index >= 15 is 0 Å². The third kappa shape index (κ3) is 8.50. The molecule has 2 atom stereocenters. The molecule has 1 heterocycles. The van der Waals surface area contributed by atoms with Crippen molar-refractivity contribution in [2.75, 3.05) is 6.54 Å². The van der Waals surface area contributed by atoms with Gasteiger partial charge < -0.3 is 24.4 Å². The summed E-state index contributed by atoms with van der Waals surface area (Å²) >= 11 is 0. The van der Waals surface area contributed by atoms with Crippen LogP contribution in [0.4, 0.5) is 9.59 Å². The standard InChI is InChI=1S/C33H40N2O5/c1-23(2)27-15-9-14-26(17-27)20-35-21-30(39-32(35)37)29(34-31(36)40-33(3,4)5)19-25-13-10-16-28(18-25)38-22-24-11-7-6-8-12-24/h6-18,23,29-30H,19-22H2,1-5H3,(H,34,36). The second kappa shape index (κ2) is 12.9. The molecule has 1 N–H and O–H groups in total. The van der Waals surface area contributed by atoms with E-state index < -0.39 is 29.9 Å². The quantitative estimate of drug-likeness (QED) is 0.302. The highest BCUT2D eigenvalue weighted by Gasteiger charge is 2.38. The second-order valence-electron chi connectivity index (χ2n) is 11.6. The van der Waals surface area contributed by atoms with Gasteiger partial charge >= 0.3 is 12.2 Å². The molecule has 1 fully saturated rings. The van der Waals surface area contributed by atoms with Gasteiger partial charge in [0.1, 0.15) is 24.1 Å². The molecule has 212 valence electrons. The van der Waals surface area contributed by atoms with Crippen LogP contribution in [0.3, 0.4) is 0 Å². The fraction of sp³-hybridized carbons (Fsp3) is 0.394. The topological polar surface area (TPSA) is 77.1 Å². The highest BCUT2D eigenvalue weighted by molar-refractivity contribution is 5.71. The Morgan fingerprint density at radius 1 is 0.975 bits per heavy atom. The summed E-state index contributed by atoms with van der Waals surface area (Å²) in [6, 6.07) is 25.5. The molecular formula is C33H40N2O5. The zero-order chi connectivity index (χ0) is 28.7. The number of amides is 2. The Kier molecular flexibility index (Phi) is 9.35. The van der Waals surface area contributed by atoms with Crippen molar-refractivity contribution in [2.45, 2.75) is 77.9 Å². The molecule has 3 aromatic rings. The predicted molar refractivity (Wildman–Crippen MR) is 155 cm³/mol. The summed E-state index contributed by atoms with van der Waals surface area (Å²) in [5.74, 6) is 1.13. The Labute approximate surface area is 237 Å². The first-order valence-corrected chi connectivity index (χ1v) is 13.9. The fourth-order valence-electron chi connectivity index (χ4n) is 4.63. The van der Waals surface area contributed by atoms with Crippen LogP contribution in [0.15, 0.2) is 78.9 Å². The molecular weight excluding hydrogens is 504 g/mol. The van der Waals surface area contributed by atoms with E-state index in [1.165, 1.54) is 5.56 Å². The van der Waals surface area contributed by atoms with Crippen molar-refractivity contribution >= 4 is 12.2 Å². The number of carbonyl (C=O) groups is 2. The summed E-state index contributed by atoms with van der Waals surface area (Å²) in [7, 11) is 0. The van der Waals surface area contributed by atoms with Gasteiger partial charge in [0.15, 0.2) is 0 Å². The van der Waals surface area contributed by atoms with Crippen molar-refractivity contribution in [1.82, 2.24) is 10.2 Å². The lowest BCUT2D eigenvalue weighted by Crippen LogP contribution is -2.48. The van der Waals surface area contributed by atoms with Crippen molar-refractivity contribution in [2.24, 2.45) is 0 Å². The number of nitrogens with zero attached hydrogens (tertiary/aromatic N) is 1. The van der Waals surface area contributed by atoms with Gasteiger partial charge in [0.2, 0.25) is 0 Å². The number of nitrogens with one attached hydrogen (secondary N) is 1. The third-order valence-corrected chi connectivity index (χ3v) is 6.66. The molecule has 0 bridgehead atoms. The van der Waals surface area contributed by atoms with Crippen LogP contribution in [0, 0.1) is 0 Å². The first kappa shape index (κ1) is 29.0. The minimum atomic E-state index is -0.653. The van der Waals surface area contributed by atoms with E-state index in [-0.39, 0.29) is 0 Å². The average molecular weight is 545 g/mol. The van der Waals surface area contributed by atoms with E-state index in [4.69, 9.17) is 14.2 Å². The molecule has 0 aromatic heterocycles. The van der Waals surface area contributed by atoms with Gasteiger partial charge in [0, 0.05) is 6.54 Å². The van der Waals surface area contributed by atoms with Gasteiger partial charge in [-0.2, -0.15) is 0 Å². The van der Waals surface area contributed by atoms with Crippen LogP contribution in [0.1, 0.15) is 62.8 Å². The van der Waals surface area contributed by atoms with E-state index in [2.05, 4.69) is 31.3 Å². The van der Waals surface area contributed by atoms with Crippen LogP contribution in [0.5, 0.6) is 5.75 Å². The Hall–Kier alpha value is -4.00. The molecule has 0 saturated carbocycles. The largest absolute Gasteiger partial charge is 0.489 e. The van der Waals surface area contributed by atoms with E-state index in [1.54, 1.807) is 4.90 Å². The Balaban J connectivity index is 1.47. The number of benzene rings is 3. The van der Waals surface area contributed by atoms with Crippen LogP contribution in [0.25, 0.3) is 0 Å². The molecule has 40 heavy (non-hydrogen) atoms. The van der Waals surface area contributed by atoms with Gasteiger partial charge in [0.05, 0.1) is 12.6 Å². The van der Waals surface area contributed by atoms with E-state index in [9.17, 15) is 9.59 Å². The summed E-state index contributed by atoms with van der Waals surface area (Å²) < 4.78 is 17.4. The molecule has 7 heteroatoms. The maximum absolute atomic E-state index is 12.9. The van der Waals surface area contributed by atoms with Crippen LogP contribution in [0.2, 0.25) is 0 Å². The number of alkyl carbamates (subject to hydrolysis) is 1. The lowest BCUT2D eigenvalue weighted by atomic mass is 10.00. The van der Waals surface area contributed by atoms with E-state index in [1.807, 2.05) is 87.5 Å². The van der Waals surface area contributed by atoms with Gasteiger partial charge in [-0.1, -0.05) is 80.6 Å². The van der Waals surface area contributed by atoms with Crippen LogP contribution < -0.4 is 10.1 Å². The predicted octanol–water partition coefficient (Wildman–Crippen LogP) is 6.85. The number of hydrogen-bond acceptors (Lipinski definition) is 5. The number of ether oxygens (including phenoxy) is 3. The average Bonchev–Trinajstić information content (AvgIpc) is 3.27. The van der Waals surface area contributed by atoms with Gasteiger partial charge in [-0.25, -0.2) is 9.59 Å². The molecule has 1 aliphatic heterocycles. The van der Waals surface area contributed by atoms with Crippen molar-refractivity contribution in [1.29, 1.82) is 0 Å². The number of cyclic esters (lactones) is 1. The molecule has 1 saturated heterocycles. The maximum Gasteiger partial charge on any atom is 0.410 e. The molecule has 0 aliphatic carbocycles. The summed E-state index contributed by atoms with van der Waals surface area (Å²) in [6.45, 7) is 11.0. The van der Waals surface area contributed by atoms with Crippen LogP contribution in [-0.2, 0) is 29.0 Å². The summed E-state index contributed by atoms with van der Waals surface area (Å²) in [5.41, 5.74) is 3.64. The third-order valence-electron chi connectivity index (χ3n) is 6.66. The Bertz CT molecular complexity index is 1290. The van der Waals surface area contributed by atoms with Gasteiger partial charge in [-0.05, 0) is 67.5 Å². The first-order valence-electron chi connectivity index (χ1n) is 13.9. The lowest BCUT2D eigenvalue weighted by Gasteiger charge is -2.26. The number of carbonyl (C=O) groups excluding carboxylic acids is 2. The van der Waals surface area contributed by atoms with Gasteiger partial charge in [0.25, 0.3) is 0 Å². The molecule has 0 radical (unpaired) electrons. The fourth-order valence-corrected chi connectivity index (χ4v) is 4.63. The Morgan fingerprint density at radius 2 is 1.68 bits per heavy atom.